The lowest BCUT2D eigenvalue weighted by molar-refractivity contribution is -0.122. The number of fused-ring (bicyclic) bond motifs is 1. The fourth-order valence-corrected chi connectivity index (χ4v) is 2.36. The van der Waals surface area contributed by atoms with E-state index in [0.717, 1.165) is 23.7 Å². The van der Waals surface area contributed by atoms with Crippen LogP contribution in [0.25, 0.3) is 10.9 Å². The third-order valence-electron chi connectivity index (χ3n) is 3.70. The van der Waals surface area contributed by atoms with Gasteiger partial charge in [-0.15, -0.1) is 0 Å². The van der Waals surface area contributed by atoms with Crippen molar-refractivity contribution in [3.05, 3.63) is 42.2 Å². The quantitative estimate of drug-likeness (QED) is 0.773. The summed E-state index contributed by atoms with van der Waals surface area (Å²) in [6.45, 7) is 0.440. The standard InChI is InChI=1S/C15H15N5O2/c21-14(9-20-12-4-2-1-3-11(12)7-17-20)16-8-13-18-15(22-19-13)10-5-6-10/h1-4,7,10H,5-6,8-9H2,(H,16,21). The highest BCUT2D eigenvalue weighted by Gasteiger charge is 2.29. The van der Waals surface area contributed by atoms with Crippen molar-refractivity contribution in [2.75, 3.05) is 0 Å². The van der Waals surface area contributed by atoms with Crippen LogP contribution in [-0.2, 0) is 17.9 Å². The molecule has 0 atom stereocenters. The van der Waals surface area contributed by atoms with Crippen LogP contribution in [-0.4, -0.2) is 25.8 Å². The van der Waals surface area contributed by atoms with E-state index in [1.54, 1.807) is 10.9 Å². The maximum atomic E-state index is 12.0. The van der Waals surface area contributed by atoms with Crippen LogP contribution in [0.3, 0.4) is 0 Å². The Morgan fingerprint density at radius 1 is 1.36 bits per heavy atom. The molecule has 0 saturated heterocycles. The number of hydrogen-bond donors (Lipinski definition) is 1. The molecule has 0 aliphatic heterocycles. The summed E-state index contributed by atoms with van der Waals surface area (Å²) in [5.41, 5.74) is 0.938. The van der Waals surface area contributed by atoms with E-state index in [0.29, 0.717) is 17.6 Å². The van der Waals surface area contributed by atoms with Crippen molar-refractivity contribution in [1.82, 2.24) is 25.2 Å². The van der Waals surface area contributed by atoms with Crippen LogP contribution in [0.15, 0.2) is 35.0 Å². The lowest BCUT2D eigenvalue weighted by atomic mass is 10.2. The number of hydrogen-bond acceptors (Lipinski definition) is 5. The van der Waals surface area contributed by atoms with Gasteiger partial charge in [0, 0.05) is 11.3 Å². The SMILES string of the molecule is O=C(Cn1ncc2ccccc21)NCc1noc(C2CC2)n1. The van der Waals surface area contributed by atoms with Gasteiger partial charge < -0.3 is 9.84 Å². The second-order valence-corrected chi connectivity index (χ2v) is 5.46. The molecular weight excluding hydrogens is 282 g/mol. The van der Waals surface area contributed by atoms with Gasteiger partial charge in [0.2, 0.25) is 11.8 Å². The summed E-state index contributed by atoms with van der Waals surface area (Å²) < 4.78 is 6.83. The first-order chi connectivity index (χ1) is 10.8. The van der Waals surface area contributed by atoms with E-state index in [2.05, 4.69) is 20.6 Å². The molecule has 0 spiro atoms. The molecule has 7 nitrogen and oxygen atoms in total. The van der Waals surface area contributed by atoms with E-state index in [-0.39, 0.29) is 19.0 Å². The summed E-state index contributed by atoms with van der Waals surface area (Å²) in [6, 6.07) is 7.78. The summed E-state index contributed by atoms with van der Waals surface area (Å²) in [6.07, 6.45) is 3.98. The Labute approximate surface area is 126 Å². The van der Waals surface area contributed by atoms with Gasteiger partial charge in [-0.3, -0.25) is 9.48 Å². The smallest absolute Gasteiger partial charge is 0.242 e. The van der Waals surface area contributed by atoms with Crippen molar-refractivity contribution < 1.29 is 9.32 Å². The molecule has 1 aliphatic rings. The Morgan fingerprint density at radius 3 is 3.09 bits per heavy atom. The molecule has 0 radical (unpaired) electrons. The molecule has 1 fully saturated rings. The van der Waals surface area contributed by atoms with Crippen LogP contribution in [0.2, 0.25) is 0 Å². The van der Waals surface area contributed by atoms with Crippen molar-refractivity contribution in [1.29, 1.82) is 0 Å². The molecule has 3 aromatic rings. The summed E-state index contributed by atoms with van der Waals surface area (Å²) in [5, 5.41) is 11.9. The fourth-order valence-electron chi connectivity index (χ4n) is 2.36. The molecule has 1 aromatic carbocycles. The van der Waals surface area contributed by atoms with Crippen molar-refractivity contribution in [3.63, 3.8) is 0 Å². The first-order valence-electron chi connectivity index (χ1n) is 7.29. The molecule has 22 heavy (non-hydrogen) atoms. The third-order valence-corrected chi connectivity index (χ3v) is 3.70. The number of aromatic nitrogens is 4. The first-order valence-corrected chi connectivity index (χ1v) is 7.29. The second kappa shape index (κ2) is 5.25. The Morgan fingerprint density at radius 2 is 2.23 bits per heavy atom. The highest BCUT2D eigenvalue weighted by Crippen LogP contribution is 2.38. The van der Waals surface area contributed by atoms with Gasteiger partial charge in [0.1, 0.15) is 6.54 Å². The minimum atomic E-state index is -0.133. The average Bonchev–Trinajstić information content (AvgIpc) is 3.15. The van der Waals surface area contributed by atoms with Gasteiger partial charge in [-0.2, -0.15) is 10.1 Å². The van der Waals surface area contributed by atoms with E-state index in [1.807, 2.05) is 24.3 Å². The summed E-state index contributed by atoms with van der Waals surface area (Å²) in [4.78, 5) is 16.3. The van der Waals surface area contributed by atoms with Crippen LogP contribution in [0.5, 0.6) is 0 Å². The molecule has 7 heteroatoms. The van der Waals surface area contributed by atoms with Gasteiger partial charge in [0.15, 0.2) is 5.82 Å². The zero-order chi connectivity index (χ0) is 14.9. The summed E-state index contributed by atoms with van der Waals surface area (Å²) in [7, 11) is 0. The summed E-state index contributed by atoms with van der Waals surface area (Å²) >= 11 is 0. The molecule has 1 amide bonds. The van der Waals surface area contributed by atoms with Gasteiger partial charge in [0.05, 0.1) is 18.3 Å². The van der Waals surface area contributed by atoms with E-state index >= 15 is 0 Å². The van der Waals surface area contributed by atoms with Crippen LogP contribution < -0.4 is 5.32 Å². The molecule has 1 N–H and O–H groups in total. The predicted molar refractivity (Wildman–Crippen MR) is 77.9 cm³/mol. The second-order valence-electron chi connectivity index (χ2n) is 5.46. The number of benzene rings is 1. The van der Waals surface area contributed by atoms with Crippen LogP contribution in [0.4, 0.5) is 0 Å². The monoisotopic (exact) mass is 297 g/mol. The average molecular weight is 297 g/mol. The largest absolute Gasteiger partial charge is 0.347 e. The Hall–Kier alpha value is -2.70. The Balaban J connectivity index is 1.37. The van der Waals surface area contributed by atoms with Gasteiger partial charge in [0.25, 0.3) is 0 Å². The molecule has 0 unspecified atom stereocenters. The molecule has 112 valence electrons. The zero-order valence-electron chi connectivity index (χ0n) is 11.9. The van der Waals surface area contributed by atoms with Crippen molar-refractivity contribution in [2.24, 2.45) is 0 Å². The lowest BCUT2D eigenvalue weighted by Gasteiger charge is -2.04. The molecule has 4 rings (SSSR count). The lowest BCUT2D eigenvalue weighted by Crippen LogP contribution is -2.27. The molecular formula is C15H15N5O2. The molecule has 1 aliphatic carbocycles. The summed E-state index contributed by atoms with van der Waals surface area (Å²) in [5.74, 6) is 1.49. The Bertz CT molecular complexity index is 818. The highest BCUT2D eigenvalue weighted by molar-refractivity contribution is 5.81. The molecule has 2 heterocycles. The maximum Gasteiger partial charge on any atom is 0.242 e. The number of nitrogens with one attached hydrogen (secondary N) is 1. The number of nitrogens with zero attached hydrogens (tertiary/aromatic N) is 4. The minimum absolute atomic E-state index is 0.133. The zero-order valence-corrected chi connectivity index (χ0v) is 11.9. The number of carbonyl (C=O) groups excluding carboxylic acids is 1. The Kier molecular flexibility index (Phi) is 3.10. The minimum Gasteiger partial charge on any atom is -0.347 e. The van der Waals surface area contributed by atoms with E-state index in [4.69, 9.17) is 4.52 Å². The number of rotatable bonds is 5. The van der Waals surface area contributed by atoms with E-state index in [9.17, 15) is 4.79 Å². The van der Waals surface area contributed by atoms with Gasteiger partial charge in [-0.1, -0.05) is 23.4 Å². The number of para-hydroxylation sites is 1. The topological polar surface area (TPSA) is 85.8 Å². The highest BCUT2D eigenvalue weighted by atomic mass is 16.5. The van der Waals surface area contributed by atoms with Crippen molar-refractivity contribution in [2.45, 2.75) is 31.8 Å². The van der Waals surface area contributed by atoms with Gasteiger partial charge in [-0.25, -0.2) is 0 Å². The van der Waals surface area contributed by atoms with Crippen molar-refractivity contribution in [3.8, 4) is 0 Å². The number of carbonyl (C=O) groups is 1. The fraction of sp³-hybridized carbons (Fsp3) is 0.333. The van der Waals surface area contributed by atoms with E-state index in [1.165, 1.54) is 0 Å². The van der Waals surface area contributed by atoms with Crippen LogP contribution in [0.1, 0.15) is 30.5 Å². The van der Waals surface area contributed by atoms with Crippen LogP contribution >= 0.6 is 0 Å². The van der Waals surface area contributed by atoms with Crippen LogP contribution in [0, 0.1) is 0 Å². The van der Waals surface area contributed by atoms with Gasteiger partial charge >= 0.3 is 0 Å². The molecule has 0 bridgehead atoms. The third kappa shape index (κ3) is 2.57. The predicted octanol–water partition coefficient (Wildman–Crippen LogP) is 1.61. The normalized spacial score (nSPS) is 14.4. The molecule has 2 aromatic heterocycles. The first kappa shape index (κ1) is 13.0. The molecule has 1 saturated carbocycles. The van der Waals surface area contributed by atoms with E-state index < -0.39 is 0 Å². The maximum absolute atomic E-state index is 12.0. The number of amides is 1. The van der Waals surface area contributed by atoms with Gasteiger partial charge in [-0.05, 0) is 18.9 Å². The van der Waals surface area contributed by atoms with Crippen molar-refractivity contribution >= 4 is 16.8 Å².